The Morgan fingerprint density at radius 2 is 2.08 bits per heavy atom. The number of fused-ring (bicyclic) bond motifs is 1. The molecule has 0 saturated heterocycles. The SMILES string of the molecule is CCOc1ccc2nc(NC(=O)c3ccc(-n4cncn4)cc3)sc2c1. The van der Waals surface area contributed by atoms with Gasteiger partial charge in [-0.15, -0.1) is 0 Å². The van der Waals surface area contributed by atoms with Crippen LogP contribution in [-0.4, -0.2) is 32.3 Å². The van der Waals surface area contributed by atoms with Crippen LogP contribution >= 0.6 is 11.3 Å². The van der Waals surface area contributed by atoms with Crippen LogP contribution < -0.4 is 10.1 Å². The van der Waals surface area contributed by atoms with Gasteiger partial charge in [-0.1, -0.05) is 11.3 Å². The first-order chi connectivity index (χ1) is 12.7. The lowest BCUT2D eigenvalue weighted by molar-refractivity contribution is 0.102. The van der Waals surface area contributed by atoms with Crippen LogP contribution in [0.1, 0.15) is 17.3 Å². The first-order valence-corrected chi connectivity index (χ1v) is 8.84. The summed E-state index contributed by atoms with van der Waals surface area (Å²) in [6, 6.07) is 12.8. The fraction of sp³-hybridized carbons (Fsp3) is 0.111. The topological polar surface area (TPSA) is 81.9 Å². The molecule has 8 heteroatoms. The van der Waals surface area contributed by atoms with E-state index in [2.05, 4.69) is 20.4 Å². The Labute approximate surface area is 153 Å². The van der Waals surface area contributed by atoms with E-state index in [0.29, 0.717) is 17.3 Å². The molecule has 4 aromatic rings. The fourth-order valence-corrected chi connectivity index (χ4v) is 3.38. The summed E-state index contributed by atoms with van der Waals surface area (Å²) in [5.74, 6) is 0.587. The molecule has 0 fully saturated rings. The van der Waals surface area contributed by atoms with Crippen LogP contribution in [0.2, 0.25) is 0 Å². The van der Waals surface area contributed by atoms with Gasteiger partial charge in [0.25, 0.3) is 5.91 Å². The van der Waals surface area contributed by atoms with E-state index in [1.54, 1.807) is 23.1 Å². The minimum Gasteiger partial charge on any atom is -0.494 e. The lowest BCUT2D eigenvalue weighted by Gasteiger charge is -2.03. The second-order valence-corrected chi connectivity index (χ2v) is 6.45. The summed E-state index contributed by atoms with van der Waals surface area (Å²) in [6.07, 6.45) is 3.07. The first kappa shape index (κ1) is 16.2. The second-order valence-electron chi connectivity index (χ2n) is 5.42. The van der Waals surface area contributed by atoms with Crippen LogP contribution in [0.4, 0.5) is 5.13 Å². The minimum atomic E-state index is -0.209. The molecule has 0 aliphatic heterocycles. The first-order valence-electron chi connectivity index (χ1n) is 8.03. The Morgan fingerprint density at radius 1 is 1.23 bits per heavy atom. The van der Waals surface area contributed by atoms with Gasteiger partial charge in [-0.25, -0.2) is 14.6 Å². The highest BCUT2D eigenvalue weighted by Crippen LogP contribution is 2.29. The number of carbonyl (C=O) groups excluding carboxylic acids is 1. The standard InChI is InChI=1S/C18H15N5O2S/c1-2-25-14-7-8-15-16(9-14)26-18(21-15)22-17(24)12-3-5-13(6-4-12)23-11-19-10-20-23/h3-11H,2H2,1H3,(H,21,22,24). The van der Waals surface area contributed by atoms with E-state index in [1.807, 2.05) is 37.3 Å². The number of amides is 1. The zero-order chi connectivity index (χ0) is 17.9. The number of carbonyl (C=O) groups is 1. The molecule has 4 rings (SSSR count). The van der Waals surface area contributed by atoms with E-state index in [1.165, 1.54) is 17.7 Å². The summed E-state index contributed by atoms with van der Waals surface area (Å²) in [5.41, 5.74) is 2.21. The summed E-state index contributed by atoms with van der Waals surface area (Å²) in [5, 5.41) is 7.46. The van der Waals surface area contributed by atoms with Crippen molar-refractivity contribution in [2.24, 2.45) is 0 Å². The van der Waals surface area contributed by atoms with Crippen molar-refractivity contribution in [3.05, 3.63) is 60.7 Å². The minimum absolute atomic E-state index is 0.209. The molecule has 2 heterocycles. The lowest BCUT2D eigenvalue weighted by atomic mass is 10.2. The maximum Gasteiger partial charge on any atom is 0.257 e. The molecule has 1 amide bonds. The van der Waals surface area contributed by atoms with Crippen molar-refractivity contribution < 1.29 is 9.53 Å². The molecule has 0 unspecified atom stereocenters. The molecule has 0 atom stereocenters. The van der Waals surface area contributed by atoms with Crippen LogP contribution in [0.15, 0.2) is 55.1 Å². The maximum absolute atomic E-state index is 12.5. The van der Waals surface area contributed by atoms with Gasteiger partial charge in [0.05, 0.1) is 22.5 Å². The van der Waals surface area contributed by atoms with Crippen molar-refractivity contribution >= 4 is 32.6 Å². The number of hydrogen-bond acceptors (Lipinski definition) is 6. The lowest BCUT2D eigenvalue weighted by Crippen LogP contribution is -2.11. The Kier molecular flexibility index (Phi) is 4.32. The van der Waals surface area contributed by atoms with Crippen LogP contribution in [0.5, 0.6) is 5.75 Å². The molecule has 0 aliphatic carbocycles. The number of benzene rings is 2. The van der Waals surface area contributed by atoms with Gasteiger partial charge in [0.1, 0.15) is 18.4 Å². The van der Waals surface area contributed by atoms with Gasteiger partial charge < -0.3 is 4.74 Å². The maximum atomic E-state index is 12.5. The zero-order valence-electron chi connectivity index (χ0n) is 13.9. The van der Waals surface area contributed by atoms with Crippen LogP contribution in [0, 0.1) is 0 Å². The van der Waals surface area contributed by atoms with Gasteiger partial charge in [-0.3, -0.25) is 10.1 Å². The van der Waals surface area contributed by atoms with Gasteiger partial charge in [0, 0.05) is 5.56 Å². The molecule has 130 valence electrons. The number of aromatic nitrogens is 4. The van der Waals surface area contributed by atoms with Crippen molar-refractivity contribution in [3.63, 3.8) is 0 Å². The number of ether oxygens (including phenoxy) is 1. The van der Waals surface area contributed by atoms with Gasteiger partial charge in [-0.2, -0.15) is 5.10 Å². The Hall–Kier alpha value is -3.26. The zero-order valence-corrected chi connectivity index (χ0v) is 14.7. The predicted octanol–water partition coefficient (Wildman–Crippen LogP) is 3.53. The second kappa shape index (κ2) is 6.93. The monoisotopic (exact) mass is 365 g/mol. The van der Waals surface area contributed by atoms with Gasteiger partial charge in [0.2, 0.25) is 0 Å². The molecular formula is C18H15N5O2S. The molecule has 0 spiro atoms. The smallest absolute Gasteiger partial charge is 0.257 e. The van der Waals surface area contributed by atoms with E-state index in [4.69, 9.17) is 4.74 Å². The highest BCUT2D eigenvalue weighted by molar-refractivity contribution is 7.22. The number of rotatable bonds is 5. The average Bonchev–Trinajstić information content (AvgIpc) is 3.31. The quantitative estimate of drug-likeness (QED) is 0.585. The number of thiazole rings is 1. The number of nitrogens with one attached hydrogen (secondary N) is 1. The van der Waals surface area contributed by atoms with Crippen molar-refractivity contribution in [2.45, 2.75) is 6.92 Å². The summed E-state index contributed by atoms with van der Waals surface area (Å²) in [4.78, 5) is 20.8. The van der Waals surface area contributed by atoms with Crippen LogP contribution in [-0.2, 0) is 0 Å². The predicted molar refractivity (Wildman–Crippen MR) is 100 cm³/mol. The summed E-state index contributed by atoms with van der Waals surface area (Å²) in [6.45, 7) is 2.55. The van der Waals surface area contributed by atoms with E-state index in [-0.39, 0.29) is 5.91 Å². The molecule has 0 aliphatic rings. The molecule has 2 aromatic carbocycles. The number of hydrogen-bond donors (Lipinski definition) is 1. The third-order valence-corrected chi connectivity index (χ3v) is 4.64. The molecule has 0 saturated carbocycles. The van der Waals surface area contributed by atoms with E-state index >= 15 is 0 Å². The Morgan fingerprint density at radius 3 is 2.81 bits per heavy atom. The van der Waals surface area contributed by atoms with Gasteiger partial charge >= 0.3 is 0 Å². The average molecular weight is 365 g/mol. The van der Waals surface area contributed by atoms with Crippen molar-refractivity contribution in [3.8, 4) is 11.4 Å². The van der Waals surface area contributed by atoms with E-state index in [0.717, 1.165) is 21.7 Å². The molecule has 7 nitrogen and oxygen atoms in total. The highest BCUT2D eigenvalue weighted by atomic mass is 32.1. The van der Waals surface area contributed by atoms with E-state index in [9.17, 15) is 4.79 Å². The molecule has 0 bridgehead atoms. The van der Waals surface area contributed by atoms with E-state index < -0.39 is 0 Å². The van der Waals surface area contributed by atoms with Crippen molar-refractivity contribution in [2.75, 3.05) is 11.9 Å². The summed E-state index contributed by atoms with van der Waals surface area (Å²) >= 11 is 1.42. The molecular weight excluding hydrogens is 350 g/mol. The van der Waals surface area contributed by atoms with Gasteiger partial charge in [-0.05, 0) is 49.4 Å². The Bertz CT molecular complexity index is 1040. The van der Waals surface area contributed by atoms with Crippen molar-refractivity contribution in [1.29, 1.82) is 0 Å². The normalized spacial score (nSPS) is 10.8. The summed E-state index contributed by atoms with van der Waals surface area (Å²) < 4.78 is 8.09. The molecule has 0 radical (unpaired) electrons. The fourth-order valence-electron chi connectivity index (χ4n) is 2.49. The Balaban J connectivity index is 1.51. The van der Waals surface area contributed by atoms with Crippen LogP contribution in [0.3, 0.4) is 0 Å². The number of anilines is 1. The van der Waals surface area contributed by atoms with Crippen LogP contribution in [0.25, 0.3) is 15.9 Å². The van der Waals surface area contributed by atoms with Crippen molar-refractivity contribution in [1.82, 2.24) is 19.7 Å². The molecule has 26 heavy (non-hydrogen) atoms. The van der Waals surface area contributed by atoms with Gasteiger partial charge in [0.15, 0.2) is 5.13 Å². The number of nitrogens with zero attached hydrogens (tertiary/aromatic N) is 4. The highest BCUT2D eigenvalue weighted by Gasteiger charge is 2.11. The third-order valence-electron chi connectivity index (χ3n) is 3.70. The largest absolute Gasteiger partial charge is 0.494 e. The third kappa shape index (κ3) is 3.27. The molecule has 1 N–H and O–H groups in total. The summed E-state index contributed by atoms with van der Waals surface area (Å²) in [7, 11) is 0. The molecule has 2 aromatic heterocycles.